The van der Waals surface area contributed by atoms with Crippen LogP contribution in [-0.2, 0) is 6.54 Å². The van der Waals surface area contributed by atoms with Gasteiger partial charge in [-0.3, -0.25) is 4.57 Å². The second-order valence-electron chi connectivity index (χ2n) is 4.35. The van der Waals surface area contributed by atoms with Gasteiger partial charge >= 0.3 is 0 Å². The standard InChI is InChI=1S/C15H17N3O/c1-3-19-15-14(17)8-13(9-16)18(15)10-12-7-5-4-6-11(12)2/h4-8H,3,10,17H2,1-2H3. The summed E-state index contributed by atoms with van der Waals surface area (Å²) in [5.74, 6) is 0.572. The van der Waals surface area contributed by atoms with Crippen LogP contribution in [0.3, 0.4) is 0 Å². The number of nitriles is 1. The molecule has 0 aliphatic heterocycles. The molecule has 0 amide bonds. The molecule has 2 N–H and O–H groups in total. The molecule has 1 aromatic heterocycles. The molecule has 0 fully saturated rings. The van der Waals surface area contributed by atoms with Crippen LogP contribution in [0.1, 0.15) is 23.7 Å². The highest BCUT2D eigenvalue weighted by atomic mass is 16.5. The minimum absolute atomic E-state index is 0.506. The van der Waals surface area contributed by atoms with Gasteiger partial charge in [0.15, 0.2) is 0 Å². The molecule has 0 aliphatic carbocycles. The third kappa shape index (κ3) is 2.55. The molecule has 1 heterocycles. The van der Waals surface area contributed by atoms with Gasteiger partial charge in [-0.2, -0.15) is 5.26 Å². The molecular weight excluding hydrogens is 238 g/mol. The Morgan fingerprint density at radius 1 is 1.37 bits per heavy atom. The van der Waals surface area contributed by atoms with Crippen LogP contribution in [0.2, 0.25) is 0 Å². The lowest BCUT2D eigenvalue weighted by molar-refractivity contribution is 0.313. The molecule has 0 saturated carbocycles. The summed E-state index contributed by atoms with van der Waals surface area (Å²) in [5.41, 5.74) is 9.25. The van der Waals surface area contributed by atoms with E-state index in [-0.39, 0.29) is 0 Å². The molecule has 0 radical (unpaired) electrons. The molecular formula is C15H17N3O. The zero-order valence-electron chi connectivity index (χ0n) is 11.2. The van der Waals surface area contributed by atoms with Gasteiger partial charge < -0.3 is 10.5 Å². The molecule has 19 heavy (non-hydrogen) atoms. The Morgan fingerprint density at radius 3 is 2.74 bits per heavy atom. The summed E-state index contributed by atoms with van der Waals surface area (Å²) in [4.78, 5) is 0. The lowest BCUT2D eigenvalue weighted by Crippen LogP contribution is -2.08. The minimum Gasteiger partial charge on any atom is -0.478 e. The van der Waals surface area contributed by atoms with Crippen molar-refractivity contribution >= 4 is 5.69 Å². The van der Waals surface area contributed by atoms with Gasteiger partial charge in [-0.1, -0.05) is 24.3 Å². The predicted molar refractivity (Wildman–Crippen MR) is 75.0 cm³/mol. The number of rotatable bonds is 4. The molecule has 0 saturated heterocycles. The van der Waals surface area contributed by atoms with Crippen LogP contribution >= 0.6 is 0 Å². The number of ether oxygens (including phenoxy) is 1. The van der Waals surface area contributed by atoms with Gasteiger partial charge in [0.2, 0.25) is 5.88 Å². The fourth-order valence-corrected chi connectivity index (χ4v) is 2.06. The Hall–Kier alpha value is -2.41. The van der Waals surface area contributed by atoms with Crippen LogP contribution in [-0.4, -0.2) is 11.2 Å². The summed E-state index contributed by atoms with van der Waals surface area (Å²) >= 11 is 0. The zero-order valence-corrected chi connectivity index (χ0v) is 11.2. The highest BCUT2D eigenvalue weighted by molar-refractivity contribution is 5.55. The largest absolute Gasteiger partial charge is 0.478 e. The smallest absolute Gasteiger partial charge is 0.218 e. The van der Waals surface area contributed by atoms with Gasteiger partial charge in [-0.25, -0.2) is 0 Å². The summed E-state index contributed by atoms with van der Waals surface area (Å²) in [7, 11) is 0. The third-order valence-electron chi connectivity index (χ3n) is 3.06. The van der Waals surface area contributed by atoms with Crippen molar-refractivity contribution in [2.75, 3.05) is 12.3 Å². The Balaban J connectivity index is 2.44. The second-order valence-corrected chi connectivity index (χ2v) is 4.35. The van der Waals surface area contributed by atoms with Gasteiger partial charge in [0.25, 0.3) is 0 Å². The predicted octanol–water partition coefficient (Wildman–Crippen LogP) is 2.70. The molecule has 0 spiro atoms. The fourth-order valence-electron chi connectivity index (χ4n) is 2.06. The van der Waals surface area contributed by atoms with E-state index in [1.807, 2.05) is 29.7 Å². The molecule has 0 aliphatic rings. The Morgan fingerprint density at radius 2 is 2.11 bits per heavy atom. The van der Waals surface area contributed by atoms with Crippen molar-refractivity contribution in [3.63, 3.8) is 0 Å². The van der Waals surface area contributed by atoms with Crippen molar-refractivity contribution in [1.82, 2.24) is 4.57 Å². The number of benzene rings is 1. The Labute approximate surface area is 113 Å². The third-order valence-corrected chi connectivity index (χ3v) is 3.06. The second kappa shape index (κ2) is 5.49. The van der Waals surface area contributed by atoms with Gasteiger partial charge in [-0.15, -0.1) is 0 Å². The van der Waals surface area contributed by atoms with E-state index in [0.29, 0.717) is 30.4 Å². The number of aromatic nitrogens is 1. The first-order valence-electron chi connectivity index (χ1n) is 6.23. The zero-order chi connectivity index (χ0) is 13.8. The molecule has 4 heteroatoms. The first-order valence-corrected chi connectivity index (χ1v) is 6.23. The fraction of sp³-hybridized carbons (Fsp3) is 0.267. The number of nitrogens with zero attached hydrogens (tertiary/aromatic N) is 2. The normalized spacial score (nSPS) is 10.2. The van der Waals surface area contributed by atoms with Crippen LogP contribution < -0.4 is 10.5 Å². The number of nitrogen functional groups attached to an aromatic ring is 1. The first kappa shape index (κ1) is 13.0. The maximum absolute atomic E-state index is 9.19. The van der Waals surface area contributed by atoms with Crippen molar-refractivity contribution in [2.24, 2.45) is 0 Å². The molecule has 0 atom stereocenters. The number of hydrogen-bond acceptors (Lipinski definition) is 3. The maximum Gasteiger partial charge on any atom is 0.218 e. The highest BCUT2D eigenvalue weighted by Crippen LogP contribution is 2.28. The van der Waals surface area contributed by atoms with Crippen molar-refractivity contribution in [3.8, 4) is 11.9 Å². The monoisotopic (exact) mass is 255 g/mol. The van der Waals surface area contributed by atoms with E-state index in [1.165, 1.54) is 5.56 Å². The average Bonchev–Trinajstić information content (AvgIpc) is 2.70. The number of anilines is 1. The van der Waals surface area contributed by atoms with E-state index in [2.05, 4.69) is 19.1 Å². The van der Waals surface area contributed by atoms with E-state index < -0.39 is 0 Å². The highest BCUT2D eigenvalue weighted by Gasteiger charge is 2.14. The van der Waals surface area contributed by atoms with E-state index in [4.69, 9.17) is 10.5 Å². The summed E-state index contributed by atoms with van der Waals surface area (Å²) in [6.45, 7) is 5.06. The first-order chi connectivity index (χ1) is 9.17. The van der Waals surface area contributed by atoms with Crippen LogP contribution in [0.4, 0.5) is 5.69 Å². The molecule has 1 aromatic carbocycles. The Kier molecular flexibility index (Phi) is 3.76. The summed E-state index contributed by atoms with van der Waals surface area (Å²) < 4.78 is 7.37. The van der Waals surface area contributed by atoms with Gasteiger partial charge in [0, 0.05) is 6.07 Å². The topological polar surface area (TPSA) is 64.0 Å². The number of aryl methyl sites for hydroxylation is 1. The molecule has 0 bridgehead atoms. The van der Waals surface area contributed by atoms with Crippen LogP contribution in [0.5, 0.6) is 5.88 Å². The number of hydrogen-bond donors (Lipinski definition) is 1. The van der Waals surface area contributed by atoms with E-state index in [0.717, 1.165) is 5.56 Å². The van der Waals surface area contributed by atoms with Crippen LogP contribution in [0.25, 0.3) is 0 Å². The van der Waals surface area contributed by atoms with Gasteiger partial charge in [0.1, 0.15) is 11.8 Å². The van der Waals surface area contributed by atoms with Crippen LogP contribution in [0.15, 0.2) is 30.3 Å². The quantitative estimate of drug-likeness (QED) is 0.913. The average molecular weight is 255 g/mol. The number of nitrogens with two attached hydrogens (primary N) is 1. The lowest BCUT2D eigenvalue weighted by Gasteiger charge is -2.13. The van der Waals surface area contributed by atoms with Crippen molar-refractivity contribution in [1.29, 1.82) is 5.26 Å². The van der Waals surface area contributed by atoms with Crippen molar-refractivity contribution in [2.45, 2.75) is 20.4 Å². The van der Waals surface area contributed by atoms with E-state index >= 15 is 0 Å². The SMILES string of the molecule is CCOc1c(N)cc(C#N)n1Cc1ccccc1C. The van der Waals surface area contributed by atoms with E-state index in [9.17, 15) is 5.26 Å². The Bertz CT molecular complexity index is 623. The maximum atomic E-state index is 9.19. The summed E-state index contributed by atoms with van der Waals surface area (Å²) in [5, 5.41) is 9.19. The van der Waals surface area contributed by atoms with Gasteiger partial charge in [-0.05, 0) is 25.0 Å². The van der Waals surface area contributed by atoms with Crippen molar-refractivity contribution in [3.05, 3.63) is 47.2 Å². The molecule has 0 unspecified atom stereocenters. The molecule has 4 nitrogen and oxygen atoms in total. The summed E-state index contributed by atoms with van der Waals surface area (Å²) in [6, 6.07) is 11.9. The summed E-state index contributed by atoms with van der Waals surface area (Å²) in [6.07, 6.45) is 0. The van der Waals surface area contributed by atoms with E-state index in [1.54, 1.807) is 6.07 Å². The van der Waals surface area contributed by atoms with Crippen LogP contribution in [0, 0.1) is 18.3 Å². The lowest BCUT2D eigenvalue weighted by atomic mass is 10.1. The molecule has 2 rings (SSSR count). The molecule has 98 valence electrons. The van der Waals surface area contributed by atoms with Crippen molar-refractivity contribution < 1.29 is 4.74 Å². The molecule has 2 aromatic rings. The van der Waals surface area contributed by atoms with Gasteiger partial charge in [0.05, 0.1) is 18.8 Å². The minimum atomic E-state index is 0.506.